The maximum absolute atomic E-state index is 12.9. The Morgan fingerprint density at radius 2 is 1.78 bits per heavy atom. The molecule has 1 aromatic heterocycles. The second-order valence-corrected chi connectivity index (χ2v) is 10.1. The maximum atomic E-state index is 12.9. The summed E-state index contributed by atoms with van der Waals surface area (Å²) in [6.45, 7) is 0.920. The number of benzene rings is 2. The molecule has 1 aliphatic rings. The third-order valence-corrected chi connectivity index (χ3v) is 8.07. The molecule has 1 N–H and O–H groups in total. The molecular formula is C21H16F3N3O3S2. The lowest BCUT2D eigenvalue weighted by molar-refractivity contribution is -0.137. The van der Waals surface area contributed by atoms with E-state index in [1.807, 2.05) is 6.07 Å². The highest BCUT2D eigenvalue weighted by molar-refractivity contribution is 7.89. The second-order valence-electron chi connectivity index (χ2n) is 7.17. The van der Waals surface area contributed by atoms with E-state index in [4.69, 9.17) is 0 Å². The first-order chi connectivity index (χ1) is 15.1. The largest absolute Gasteiger partial charge is 0.506 e. The lowest BCUT2D eigenvalue weighted by atomic mass is 10.1. The summed E-state index contributed by atoms with van der Waals surface area (Å²) in [6.07, 6.45) is -2.91. The fourth-order valence-electron chi connectivity index (χ4n) is 3.42. The highest BCUT2D eigenvalue weighted by Gasteiger charge is 2.31. The Hall–Kier alpha value is -2.94. The summed E-state index contributed by atoms with van der Waals surface area (Å²) in [5.74, 6) is -0.437. The number of alkyl halides is 3. The Morgan fingerprint density at radius 1 is 1.12 bits per heavy atom. The lowest BCUT2D eigenvalue weighted by Crippen LogP contribution is -2.27. The summed E-state index contributed by atoms with van der Waals surface area (Å²) in [7, 11) is -3.62. The van der Waals surface area contributed by atoms with Gasteiger partial charge in [-0.3, -0.25) is 0 Å². The number of nitrogens with zero attached hydrogens (tertiary/aromatic N) is 3. The second kappa shape index (κ2) is 8.20. The van der Waals surface area contributed by atoms with E-state index in [0.29, 0.717) is 17.8 Å². The standard InChI is InChI=1S/C21H16F3N3O3S2/c22-21(23,24)14-5-8-18-17(11-14)26-20(31-18)16(12-25)19(28)13-3-6-15(7-4-13)32(29,30)27-9-1-2-10-27/h3-8,11,28H,1-2,9-10H2. The minimum atomic E-state index is -4.52. The van der Waals surface area contributed by atoms with Gasteiger partial charge in [-0.05, 0) is 55.3 Å². The Morgan fingerprint density at radius 3 is 2.38 bits per heavy atom. The van der Waals surface area contributed by atoms with Crippen molar-refractivity contribution in [3.8, 4) is 6.07 Å². The fourth-order valence-corrected chi connectivity index (χ4v) is 5.88. The van der Waals surface area contributed by atoms with Crippen LogP contribution in [0.25, 0.3) is 21.5 Å². The van der Waals surface area contributed by atoms with Gasteiger partial charge in [0.15, 0.2) is 0 Å². The lowest BCUT2D eigenvalue weighted by Gasteiger charge is -2.15. The number of hydrogen-bond acceptors (Lipinski definition) is 6. The first-order valence-corrected chi connectivity index (χ1v) is 11.8. The van der Waals surface area contributed by atoms with Gasteiger partial charge in [0.2, 0.25) is 10.0 Å². The monoisotopic (exact) mass is 479 g/mol. The molecule has 0 aliphatic carbocycles. The van der Waals surface area contributed by atoms with Crippen LogP contribution in [-0.2, 0) is 16.2 Å². The van der Waals surface area contributed by atoms with E-state index in [2.05, 4.69) is 4.98 Å². The number of allylic oxidation sites excluding steroid dienone is 1. The number of rotatable bonds is 4. The minimum absolute atomic E-state index is 0.0624. The first-order valence-electron chi connectivity index (χ1n) is 9.53. The van der Waals surface area contributed by atoms with Crippen molar-refractivity contribution in [1.82, 2.24) is 9.29 Å². The van der Waals surface area contributed by atoms with E-state index in [1.54, 1.807) is 0 Å². The topological polar surface area (TPSA) is 94.3 Å². The van der Waals surface area contributed by atoms with Gasteiger partial charge in [-0.25, -0.2) is 13.4 Å². The van der Waals surface area contributed by atoms with Gasteiger partial charge in [0, 0.05) is 18.7 Å². The molecule has 32 heavy (non-hydrogen) atoms. The molecule has 2 heterocycles. The molecule has 6 nitrogen and oxygen atoms in total. The van der Waals surface area contributed by atoms with Gasteiger partial charge in [-0.1, -0.05) is 0 Å². The van der Waals surface area contributed by atoms with Crippen molar-refractivity contribution in [3.05, 3.63) is 58.6 Å². The molecule has 1 aliphatic heterocycles. The number of nitriles is 1. The van der Waals surface area contributed by atoms with E-state index in [9.17, 15) is 32.0 Å². The van der Waals surface area contributed by atoms with Crippen LogP contribution >= 0.6 is 11.3 Å². The molecule has 0 radical (unpaired) electrons. The van der Waals surface area contributed by atoms with Crippen molar-refractivity contribution in [1.29, 1.82) is 5.26 Å². The molecule has 0 amide bonds. The van der Waals surface area contributed by atoms with Gasteiger partial charge >= 0.3 is 6.18 Å². The van der Waals surface area contributed by atoms with E-state index in [1.165, 1.54) is 34.6 Å². The summed E-state index contributed by atoms with van der Waals surface area (Å²) in [5, 5.41) is 20.3. The number of aliphatic hydroxyl groups excluding tert-OH is 1. The molecule has 3 aromatic rings. The number of halogens is 3. The zero-order valence-corrected chi connectivity index (χ0v) is 18.1. The van der Waals surface area contributed by atoms with Crippen molar-refractivity contribution >= 4 is 42.9 Å². The van der Waals surface area contributed by atoms with Crippen LogP contribution in [0, 0.1) is 11.3 Å². The summed E-state index contributed by atoms with van der Waals surface area (Å²) >= 11 is 0.975. The van der Waals surface area contributed by atoms with E-state index in [0.717, 1.165) is 36.3 Å². The van der Waals surface area contributed by atoms with Crippen molar-refractivity contribution in [2.24, 2.45) is 0 Å². The Balaban J connectivity index is 1.69. The van der Waals surface area contributed by atoms with Crippen molar-refractivity contribution in [3.63, 3.8) is 0 Å². The Bertz CT molecular complexity index is 1350. The zero-order valence-electron chi connectivity index (χ0n) is 16.4. The number of sulfonamides is 1. The summed E-state index contributed by atoms with van der Waals surface area (Å²) < 4.78 is 65.9. The highest BCUT2D eigenvalue weighted by Crippen LogP contribution is 2.35. The van der Waals surface area contributed by atoms with Crippen LogP contribution in [0.3, 0.4) is 0 Å². The average Bonchev–Trinajstić information content (AvgIpc) is 3.43. The average molecular weight is 480 g/mol. The number of aliphatic hydroxyl groups is 1. The van der Waals surface area contributed by atoms with Crippen molar-refractivity contribution in [2.75, 3.05) is 13.1 Å². The van der Waals surface area contributed by atoms with E-state index >= 15 is 0 Å². The van der Waals surface area contributed by atoms with Crippen LogP contribution in [0.15, 0.2) is 47.4 Å². The number of thiazole rings is 1. The van der Waals surface area contributed by atoms with Crippen molar-refractivity contribution < 1.29 is 26.7 Å². The van der Waals surface area contributed by atoms with Gasteiger partial charge in [0.25, 0.3) is 0 Å². The van der Waals surface area contributed by atoms with Gasteiger partial charge < -0.3 is 5.11 Å². The summed E-state index contributed by atoms with van der Waals surface area (Å²) in [5.41, 5.74) is -0.817. The van der Waals surface area contributed by atoms with Gasteiger partial charge in [-0.2, -0.15) is 22.7 Å². The van der Waals surface area contributed by atoms with E-state index in [-0.39, 0.29) is 26.6 Å². The predicted octanol–water partition coefficient (Wildman–Crippen LogP) is 5.05. The molecule has 11 heteroatoms. The maximum Gasteiger partial charge on any atom is 0.416 e. The van der Waals surface area contributed by atoms with Crippen LogP contribution in [0.5, 0.6) is 0 Å². The SMILES string of the molecule is N#CC(=C(O)c1ccc(S(=O)(=O)N2CCCC2)cc1)c1nc2cc(C(F)(F)F)ccc2s1. The number of fused-ring (bicyclic) bond motifs is 1. The predicted molar refractivity (Wildman–Crippen MR) is 114 cm³/mol. The van der Waals surface area contributed by atoms with E-state index < -0.39 is 27.5 Å². The quantitative estimate of drug-likeness (QED) is 0.418. The molecule has 2 aromatic carbocycles. The van der Waals surface area contributed by atoms with Crippen LogP contribution in [0.1, 0.15) is 29.0 Å². The van der Waals surface area contributed by atoms with Gasteiger partial charge in [-0.15, -0.1) is 11.3 Å². The number of hydrogen-bond donors (Lipinski definition) is 1. The van der Waals surface area contributed by atoms with Crippen LogP contribution < -0.4 is 0 Å². The van der Waals surface area contributed by atoms with Crippen LogP contribution in [0.4, 0.5) is 13.2 Å². The molecule has 0 atom stereocenters. The zero-order chi connectivity index (χ0) is 23.1. The van der Waals surface area contributed by atoms with Gasteiger partial charge in [0.1, 0.15) is 22.4 Å². The Kier molecular flexibility index (Phi) is 5.70. The third kappa shape index (κ3) is 4.09. The molecular weight excluding hydrogens is 463 g/mol. The molecule has 4 rings (SSSR count). The fraction of sp³-hybridized carbons (Fsp3) is 0.238. The highest BCUT2D eigenvalue weighted by atomic mass is 32.2. The molecule has 1 fully saturated rings. The summed E-state index contributed by atoms with van der Waals surface area (Å²) in [4.78, 5) is 4.17. The minimum Gasteiger partial charge on any atom is -0.506 e. The smallest absolute Gasteiger partial charge is 0.416 e. The molecule has 0 bridgehead atoms. The summed E-state index contributed by atoms with van der Waals surface area (Å²) in [6, 6.07) is 10.4. The first kappa shape index (κ1) is 22.3. The Labute approximate surface area is 185 Å². The molecule has 166 valence electrons. The van der Waals surface area contributed by atoms with Crippen molar-refractivity contribution in [2.45, 2.75) is 23.9 Å². The van der Waals surface area contributed by atoms with Crippen LogP contribution in [-0.4, -0.2) is 35.9 Å². The third-order valence-electron chi connectivity index (χ3n) is 5.11. The molecule has 1 saturated heterocycles. The normalized spacial score (nSPS) is 16.2. The molecule has 0 saturated carbocycles. The molecule has 0 unspecified atom stereocenters. The van der Waals surface area contributed by atoms with Gasteiger partial charge in [0.05, 0.1) is 20.7 Å². The van der Waals surface area contributed by atoms with Crippen LogP contribution in [0.2, 0.25) is 0 Å². The number of aromatic nitrogens is 1. The molecule has 0 spiro atoms.